The van der Waals surface area contributed by atoms with Gasteiger partial charge in [0.25, 0.3) is 10.0 Å². The molecule has 0 unspecified atom stereocenters. The standard InChI is InChI=1S/C14H12N2O4S/c1-16-12-8-7-10(9-13(12)20-14(16)17)15-21(18,19)11-5-3-2-4-6-11/h2-9,15H,1H3. The Morgan fingerprint density at radius 3 is 2.52 bits per heavy atom. The highest BCUT2D eigenvalue weighted by atomic mass is 32.2. The molecule has 1 aromatic heterocycles. The number of aromatic nitrogens is 1. The summed E-state index contributed by atoms with van der Waals surface area (Å²) in [4.78, 5) is 11.6. The van der Waals surface area contributed by atoms with Gasteiger partial charge in [-0.3, -0.25) is 9.29 Å². The molecule has 0 amide bonds. The summed E-state index contributed by atoms with van der Waals surface area (Å²) >= 11 is 0. The van der Waals surface area contributed by atoms with E-state index in [2.05, 4.69) is 4.72 Å². The van der Waals surface area contributed by atoms with Crippen LogP contribution in [0.25, 0.3) is 11.1 Å². The molecule has 1 heterocycles. The highest BCUT2D eigenvalue weighted by Gasteiger charge is 2.14. The molecule has 0 radical (unpaired) electrons. The second-order valence-corrected chi connectivity index (χ2v) is 6.21. The van der Waals surface area contributed by atoms with Crippen molar-refractivity contribution < 1.29 is 12.8 Å². The number of fused-ring (bicyclic) bond motifs is 1. The SMILES string of the molecule is Cn1c(=O)oc2cc(NS(=O)(=O)c3ccccc3)ccc21. The minimum Gasteiger partial charge on any atom is -0.408 e. The van der Waals surface area contributed by atoms with Crippen LogP contribution >= 0.6 is 0 Å². The molecule has 21 heavy (non-hydrogen) atoms. The first kappa shape index (κ1) is 13.4. The molecule has 0 fully saturated rings. The molecule has 3 rings (SSSR count). The number of nitrogens with zero attached hydrogens (tertiary/aromatic N) is 1. The third-order valence-electron chi connectivity index (χ3n) is 3.10. The molecule has 0 saturated heterocycles. The van der Waals surface area contributed by atoms with Crippen LogP contribution in [0.15, 0.2) is 62.6 Å². The zero-order valence-corrected chi connectivity index (χ0v) is 11.9. The molecule has 108 valence electrons. The molecule has 0 atom stereocenters. The number of anilines is 1. The fourth-order valence-corrected chi connectivity index (χ4v) is 3.08. The molecule has 1 N–H and O–H groups in total. The van der Waals surface area contributed by atoms with Gasteiger partial charge in [0.05, 0.1) is 16.1 Å². The predicted octanol–water partition coefficient (Wildman–Crippen LogP) is 1.93. The lowest BCUT2D eigenvalue weighted by Crippen LogP contribution is -2.12. The van der Waals surface area contributed by atoms with Gasteiger partial charge in [0.2, 0.25) is 0 Å². The Hall–Kier alpha value is -2.54. The molecule has 0 saturated carbocycles. The summed E-state index contributed by atoms with van der Waals surface area (Å²) in [6, 6.07) is 12.7. The fourth-order valence-electron chi connectivity index (χ4n) is 2.01. The number of rotatable bonds is 3. The molecule has 6 nitrogen and oxygen atoms in total. The van der Waals surface area contributed by atoms with Crippen LogP contribution in [0.5, 0.6) is 0 Å². The molecule has 0 aliphatic carbocycles. The van der Waals surface area contributed by atoms with E-state index in [1.54, 1.807) is 37.4 Å². The highest BCUT2D eigenvalue weighted by Crippen LogP contribution is 2.20. The third kappa shape index (κ3) is 2.43. The van der Waals surface area contributed by atoms with Gasteiger partial charge in [0.1, 0.15) is 0 Å². The van der Waals surface area contributed by atoms with E-state index in [9.17, 15) is 13.2 Å². The number of benzene rings is 2. The summed E-state index contributed by atoms with van der Waals surface area (Å²) in [5, 5.41) is 0. The van der Waals surface area contributed by atoms with Gasteiger partial charge in [-0.15, -0.1) is 0 Å². The van der Waals surface area contributed by atoms with Gasteiger partial charge >= 0.3 is 5.76 Å². The molecule has 3 aromatic rings. The maximum atomic E-state index is 12.2. The number of sulfonamides is 1. The van der Waals surface area contributed by atoms with Crippen molar-refractivity contribution in [2.75, 3.05) is 4.72 Å². The zero-order valence-electron chi connectivity index (χ0n) is 11.1. The lowest BCUT2D eigenvalue weighted by Gasteiger charge is -2.07. The second-order valence-electron chi connectivity index (χ2n) is 4.53. The monoisotopic (exact) mass is 304 g/mol. The van der Waals surface area contributed by atoms with E-state index in [1.807, 2.05) is 0 Å². The van der Waals surface area contributed by atoms with Crippen LogP contribution in [0.2, 0.25) is 0 Å². The summed E-state index contributed by atoms with van der Waals surface area (Å²) in [6.45, 7) is 0. The molecule has 0 aliphatic heterocycles. The van der Waals surface area contributed by atoms with Crippen LogP contribution < -0.4 is 10.5 Å². The van der Waals surface area contributed by atoms with Crippen molar-refractivity contribution in [1.82, 2.24) is 4.57 Å². The average molecular weight is 304 g/mol. The Morgan fingerprint density at radius 2 is 1.81 bits per heavy atom. The number of hydrogen-bond acceptors (Lipinski definition) is 4. The minimum atomic E-state index is -3.66. The number of hydrogen-bond donors (Lipinski definition) is 1. The first-order valence-corrected chi connectivity index (χ1v) is 7.63. The molecule has 0 aliphatic rings. The van der Waals surface area contributed by atoms with E-state index < -0.39 is 15.8 Å². The van der Waals surface area contributed by atoms with Crippen molar-refractivity contribution >= 4 is 26.8 Å². The summed E-state index contributed by atoms with van der Waals surface area (Å²) in [7, 11) is -2.08. The van der Waals surface area contributed by atoms with Gasteiger partial charge < -0.3 is 4.42 Å². The highest BCUT2D eigenvalue weighted by molar-refractivity contribution is 7.92. The van der Waals surface area contributed by atoms with Crippen LogP contribution in [-0.2, 0) is 17.1 Å². The molecular weight excluding hydrogens is 292 g/mol. The number of oxazole rings is 1. The molecule has 0 bridgehead atoms. The van der Waals surface area contributed by atoms with Crippen molar-refractivity contribution in [3.05, 3.63) is 59.1 Å². The smallest absolute Gasteiger partial charge is 0.408 e. The maximum Gasteiger partial charge on any atom is 0.419 e. The van der Waals surface area contributed by atoms with Crippen LogP contribution in [-0.4, -0.2) is 13.0 Å². The Kier molecular flexibility index (Phi) is 3.06. The van der Waals surface area contributed by atoms with Crippen LogP contribution in [0.1, 0.15) is 0 Å². The van der Waals surface area contributed by atoms with E-state index >= 15 is 0 Å². The van der Waals surface area contributed by atoms with E-state index in [-0.39, 0.29) is 4.90 Å². The van der Waals surface area contributed by atoms with Crippen molar-refractivity contribution in [3.8, 4) is 0 Å². The van der Waals surface area contributed by atoms with E-state index in [4.69, 9.17) is 4.42 Å². The third-order valence-corrected chi connectivity index (χ3v) is 4.50. The quantitative estimate of drug-likeness (QED) is 0.801. The first-order chi connectivity index (χ1) is 9.97. The van der Waals surface area contributed by atoms with Gasteiger partial charge in [-0.2, -0.15) is 0 Å². The summed E-state index contributed by atoms with van der Waals surface area (Å²) in [6.07, 6.45) is 0. The Morgan fingerprint density at radius 1 is 1.10 bits per heavy atom. The molecule has 2 aromatic carbocycles. The van der Waals surface area contributed by atoms with Gasteiger partial charge in [-0.1, -0.05) is 18.2 Å². The normalized spacial score (nSPS) is 11.7. The van der Waals surface area contributed by atoms with E-state index in [1.165, 1.54) is 22.8 Å². The maximum absolute atomic E-state index is 12.2. The summed E-state index contributed by atoms with van der Waals surface area (Å²) < 4.78 is 33.2. The molecule has 7 heteroatoms. The van der Waals surface area contributed by atoms with Gasteiger partial charge in [0.15, 0.2) is 5.58 Å². The Balaban J connectivity index is 2.00. The lowest BCUT2D eigenvalue weighted by atomic mass is 10.3. The fraction of sp³-hybridized carbons (Fsp3) is 0.0714. The molecular formula is C14H12N2O4S. The van der Waals surface area contributed by atoms with Crippen molar-refractivity contribution in [1.29, 1.82) is 0 Å². The number of nitrogens with one attached hydrogen (secondary N) is 1. The van der Waals surface area contributed by atoms with Crippen molar-refractivity contribution in [3.63, 3.8) is 0 Å². The Labute approximate surface area is 120 Å². The average Bonchev–Trinajstić information content (AvgIpc) is 2.74. The second kappa shape index (κ2) is 4.78. The van der Waals surface area contributed by atoms with E-state index in [0.717, 1.165) is 0 Å². The minimum absolute atomic E-state index is 0.166. The van der Waals surface area contributed by atoms with Crippen LogP contribution in [0.4, 0.5) is 5.69 Å². The van der Waals surface area contributed by atoms with E-state index in [0.29, 0.717) is 16.8 Å². The van der Waals surface area contributed by atoms with Gasteiger partial charge in [0, 0.05) is 13.1 Å². The van der Waals surface area contributed by atoms with Crippen LogP contribution in [0.3, 0.4) is 0 Å². The predicted molar refractivity (Wildman–Crippen MR) is 78.7 cm³/mol. The summed E-state index contributed by atoms with van der Waals surface area (Å²) in [5.74, 6) is -0.493. The zero-order chi connectivity index (χ0) is 15.0. The topological polar surface area (TPSA) is 81.3 Å². The van der Waals surface area contributed by atoms with Gasteiger partial charge in [-0.05, 0) is 24.3 Å². The van der Waals surface area contributed by atoms with Crippen LogP contribution in [0, 0.1) is 0 Å². The lowest BCUT2D eigenvalue weighted by molar-refractivity contribution is 0.528. The Bertz CT molecular complexity index is 956. The molecule has 0 spiro atoms. The number of aryl methyl sites for hydroxylation is 1. The largest absolute Gasteiger partial charge is 0.419 e. The summed E-state index contributed by atoms with van der Waals surface area (Å²) in [5.41, 5.74) is 1.26. The van der Waals surface area contributed by atoms with Crippen molar-refractivity contribution in [2.45, 2.75) is 4.90 Å². The van der Waals surface area contributed by atoms with Gasteiger partial charge in [-0.25, -0.2) is 13.2 Å². The van der Waals surface area contributed by atoms with Crippen molar-refractivity contribution in [2.24, 2.45) is 7.05 Å². The first-order valence-electron chi connectivity index (χ1n) is 6.15.